The molecular formula is C14H16BrNO2S. The molecule has 1 aliphatic heterocycles. The first-order valence-electron chi connectivity index (χ1n) is 6.58. The van der Waals surface area contributed by atoms with Crippen LogP contribution in [0.3, 0.4) is 0 Å². The fourth-order valence-electron chi connectivity index (χ4n) is 3.02. The molecule has 2 aliphatic rings. The maximum absolute atomic E-state index is 12.7. The Labute approximate surface area is 126 Å². The third-order valence-corrected chi connectivity index (χ3v) is 4.80. The van der Waals surface area contributed by atoms with E-state index in [0.717, 1.165) is 28.6 Å². The zero-order valence-electron chi connectivity index (χ0n) is 10.5. The van der Waals surface area contributed by atoms with E-state index in [1.54, 1.807) is 0 Å². The van der Waals surface area contributed by atoms with Crippen molar-refractivity contribution in [2.45, 2.75) is 36.3 Å². The number of hydrogen-bond acceptors (Lipinski definition) is 3. The van der Waals surface area contributed by atoms with Crippen LogP contribution in [0.5, 0.6) is 0 Å². The maximum Gasteiger partial charge on any atom is 0.255 e. The molecule has 2 unspecified atom stereocenters. The van der Waals surface area contributed by atoms with Gasteiger partial charge < -0.3 is 9.64 Å². The number of thiol groups is 1. The van der Waals surface area contributed by atoms with Crippen LogP contribution < -0.4 is 0 Å². The van der Waals surface area contributed by atoms with Crippen LogP contribution in [0.4, 0.5) is 0 Å². The normalized spacial score (nSPS) is 26.3. The Kier molecular flexibility index (Phi) is 3.87. The molecule has 102 valence electrons. The molecule has 3 rings (SSSR count). The number of halogens is 1. The lowest BCUT2D eigenvalue weighted by molar-refractivity contribution is -0.0446. The van der Waals surface area contributed by atoms with Crippen molar-refractivity contribution in [3.63, 3.8) is 0 Å². The third kappa shape index (κ3) is 2.56. The molecule has 0 bridgehead atoms. The van der Waals surface area contributed by atoms with E-state index in [0.29, 0.717) is 18.7 Å². The van der Waals surface area contributed by atoms with Crippen molar-refractivity contribution < 1.29 is 9.53 Å². The van der Waals surface area contributed by atoms with Crippen LogP contribution in [0.2, 0.25) is 0 Å². The van der Waals surface area contributed by atoms with Gasteiger partial charge in [-0.2, -0.15) is 0 Å². The van der Waals surface area contributed by atoms with Gasteiger partial charge >= 0.3 is 0 Å². The first-order valence-corrected chi connectivity index (χ1v) is 7.82. The van der Waals surface area contributed by atoms with Gasteiger partial charge in [0.1, 0.15) is 0 Å². The van der Waals surface area contributed by atoms with Crippen molar-refractivity contribution in [2.75, 3.05) is 13.2 Å². The molecule has 3 nitrogen and oxygen atoms in total. The molecule has 0 aromatic heterocycles. The molecule has 1 aromatic rings. The minimum Gasteiger partial charge on any atom is -0.374 e. The molecule has 2 atom stereocenters. The van der Waals surface area contributed by atoms with Crippen molar-refractivity contribution >= 4 is 34.5 Å². The molecule has 0 N–H and O–H groups in total. The Hall–Kier alpha value is -0.520. The van der Waals surface area contributed by atoms with Crippen molar-refractivity contribution in [3.05, 3.63) is 28.2 Å². The number of benzene rings is 1. The van der Waals surface area contributed by atoms with Crippen LogP contribution >= 0.6 is 28.6 Å². The molecule has 0 radical (unpaired) electrons. The quantitative estimate of drug-likeness (QED) is 0.795. The van der Waals surface area contributed by atoms with E-state index in [-0.39, 0.29) is 18.1 Å². The number of amides is 1. The molecule has 0 spiro atoms. The molecular weight excluding hydrogens is 326 g/mol. The Balaban J connectivity index is 1.86. The summed E-state index contributed by atoms with van der Waals surface area (Å²) < 4.78 is 6.69. The van der Waals surface area contributed by atoms with E-state index in [1.807, 2.05) is 23.1 Å². The standard InChI is InChI=1S/C14H16BrNO2S/c15-9-4-5-10(13(19)8-9)14(17)16-6-7-18-12-3-1-2-11(12)16/h4-5,8,11-12,19H,1-3,6-7H2. The molecule has 1 amide bonds. The van der Waals surface area contributed by atoms with Gasteiger partial charge in [-0.05, 0) is 37.5 Å². The summed E-state index contributed by atoms with van der Waals surface area (Å²) in [6, 6.07) is 5.84. The lowest BCUT2D eigenvalue weighted by atomic mass is 10.1. The van der Waals surface area contributed by atoms with Gasteiger partial charge in [-0.15, -0.1) is 12.6 Å². The van der Waals surface area contributed by atoms with Crippen LogP contribution in [0, 0.1) is 0 Å². The average molecular weight is 342 g/mol. The highest BCUT2D eigenvalue weighted by Gasteiger charge is 2.38. The van der Waals surface area contributed by atoms with Crippen LogP contribution in [-0.4, -0.2) is 36.1 Å². The van der Waals surface area contributed by atoms with Gasteiger partial charge in [-0.3, -0.25) is 4.79 Å². The summed E-state index contributed by atoms with van der Waals surface area (Å²) in [5.41, 5.74) is 0.680. The number of fused-ring (bicyclic) bond motifs is 1. The minimum absolute atomic E-state index is 0.0812. The highest BCUT2D eigenvalue weighted by molar-refractivity contribution is 9.10. The number of rotatable bonds is 1. The van der Waals surface area contributed by atoms with E-state index in [1.165, 1.54) is 0 Å². The zero-order valence-corrected chi connectivity index (χ0v) is 13.0. The van der Waals surface area contributed by atoms with Gasteiger partial charge in [-0.25, -0.2) is 0 Å². The lowest BCUT2D eigenvalue weighted by Gasteiger charge is -2.37. The fourth-order valence-corrected chi connectivity index (χ4v) is 3.87. The maximum atomic E-state index is 12.7. The Morgan fingerprint density at radius 1 is 1.42 bits per heavy atom. The van der Waals surface area contributed by atoms with E-state index in [9.17, 15) is 4.79 Å². The molecule has 1 aromatic carbocycles. The Morgan fingerprint density at radius 3 is 3.05 bits per heavy atom. The summed E-state index contributed by atoms with van der Waals surface area (Å²) in [5.74, 6) is 0.0812. The summed E-state index contributed by atoms with van der Waals surface area (Å²) in [5, 5.41) is 0. The zero-order chi connectivity index (χ0) is 13.4. The first-order chi connectivity index (χ1) is 9.16. The van der Waals surface area contributed by atoms with Crippen LogP contribution in [0.15, 0.2) is 27.6 Å². The van der Waals surface area contributed by atoms with Gasteiger partial charge in [-0.1, -0.05) is 15.9 Å². The largest absolute Gasteiger partial charge is 0.374 e. The summed E-state index contributed by atoms with van der Waals surface area (Å²) in [6.45, 7) is 1.33. The molecule has 2 fully saturated rings. The smallest absolute Gasteiger partial charge is 0.255 e. The number of hydrogen-bond donors (Lipinski definition) is 1. The number of ether oxygens (including phenoxy) is 1. The second-order valence-electron chi connectivity index (χ2n) is 5.07. The summed E-state index contributed by atoms with van der Waals surface area (Å²) >= 11 is 7.81. The summed E-state index contributed by atoms with van der Waals surface area (Å²) in [7, 11) is 0. The van der Waals surface area contributed by atoms with Crippen molar-refractivity contribution in [2.24, 2.45) is 0 Å². The van der Waals surface area contributed by atoms with E-state index in [4.69, 9.17) is 4.74 Å². The van der Waals surface area contributed by atoms with Gasteiger partial charge in [0.25, 0.3) is 5.91 Å². The van der Waals surface area contributed by atoms with Crippen molar-refractivity contribution in [1.29, 1.82) is 0 Å². The average Bonchev–Trinajstić information content (AvgIpc) is 2.86. The summed E-state index contributed by atoms with van der Waals surface area (Å²) in [6.07, 6.45) is 3.50. The monoisotopic (exact) mass is 341 g/mol. The topological polar surface area (TPSA) is 29.5 Å². The molecule has 1 saturated heterocycles. The van der Waals surface area contributed by atoms with E-state index >= 15 is 0 Å². The first kappa shape index (κ1) is 13.5. The van der Waals surface area contributed by atoms with Gasteiger partial charge in [0.05, 0.1) is 24.3 Å². The predicted molar refractivity (Wildman–Crippen MR) is 79.8 cm³/mol. The van der Waals surface area contributed by atoms with Crippen LogP contribution in [0.25, 0.3) is 0 Å². The van der Waals surface area contributed by atoms with Gasteiger partial charge in [0.15, 0.2) is 0 Å². The second kappa shape index (κ2) is 5.46. The Bertz CT molecular complexity index is 508. The number of carbonyl (C=O) groups excluding carboxylic acids is 1. The minimum atomic E-state index is 0.0812. The highest BCUT2D eigenvalue weighted by atomic mass is 79.9. The third-order valence-electron chi connectivity index (χ3n) is 3.93. The van der Waals surface area contributed by atoms with Crippen LogP contribution in [-0.2, 0) is 4.74 Å². The molecule has 1 aliphatic carbocycles. The molecule has 5 heteroatoms. The Morgan fingerprint density at radius 2 is 2.26 bits per heavy atom. The number of nitrogens with zero attached hydrogens (tertiary/aromatic N) is 1. The van der Waals surface area contributed by atoms with Crippen molar-refractivity contribution in [3.8, 4) is 0 Å². The molecule has 1 heterocycles. The van der Waals surface area contributed by atoms with Gasteiger partial charge in [0, 0.05) is 15.9 Å². The van der Waals surface area contributed by atoms with Crippen LogP contribution in [0.1, 0.15) is 29.6 Å². The van der Waals surface area contributed by atoms with E-state index < -0.39 is 0 Å². The SMILES string of the molecule is O=C(c1ccc(Br)cc1S)N1CCOC2CCCC21. The number of morpholine rings is 1. The number of carbonyl (C=O) groups is 1. The highest BCUT2D eigenvalue weighted by Crippen LogP contribution is 2.31. The summed E-state index contributed by atoms with van der Waals surface area (Å²) in [4.78, 5) is 15.4. The predicted octanol–water partition coefficient (Wildman–Crippen LogP) is 3.13. The lowest BCUT2D eigenvalue weighted by Crippen LogP contribution is -2.51. The molecule has 1 saturated carbocycles. The second-order valence-corrected chi connectivity index (χ2v) is 6.46. The van der Waals surface area contributed by atoms with E-state index in [2.05, 4.69) is 28.6 Å². The van der Waals surface area contributed by atoms with Crippen molar-refractivity contribution in [1.82, 2.24) is 4.90 Å². The fraction of sp³-hybridized carbons (Fsp3) is 0.500. The molecule has 19 heavy (non-hydrogen) atoms. The van der Waals surface area contributed by atoms with Gasteiger partial charge in [0.2, 0.25) is 0 Å².